The van der Waals surface area contributed by atoms with Crippen molar-refractivity contribution < 1.29 is 14.6 Å². The topological polar surface area (TPSA) is 79.0 Å². The molecule has 1 fully saturated rings. The summed E-state index contributed by atoms with van der Waals surface area (Å²) in [5.74, 6) is 0.734. The Hall–Kier alpha value is -1.05. The summed E-state index contributed by atoms with van der Waals surface area (Å²) in [6.45, 7) is 7.03. The number of β-amino-alcohol motifs (C(OH)–C–C–N with tert-alkyl or cyclic N) is 1. The zero-order chi connectivity index (χ0) is 16.9. The molecular formula is C17H29Cl2N3O3. The fourth-order valence-corrected chi connectivity index (χ4v) is 2.60. The van der Waals surface area contributed by atoms with Crippen molar-refractivity contribution in [3.63, 3.8) is 0 Å². The van der Waals surface area contributed by atoms with Crippen molar-refractivity contribution in [2.75, 3.05) is 39.3 Å². The molecule has 0 radical (unpaired) electrons. The van der Waals surface area contributed by atoms with E-state index in [0.29, 0.717) is 19.6 Å². The highest BCUT2D eigenvalue weighted by molar-refractivity contribution is 5.86. The number of para-hydroxylation sites is 1. The second kappa shape index (κ2) is 10.8. The lowest BCUT2D eigenvalue weighted by atomic mass is 10.0. The summed E-state index contributed by atoms with van der Waals surface area (Å²) >= 11 is 0. The molecule has 6 nitrogen and oxygen atoms in total. The van der Waals surface area contributed by atoms with Gasteiger partial charge >= 0.3 is 0 Å². The van der Waals surface area contributed by atoms with Crippen LogP contribution >= 0.6 is 24.8 Å². The molecule has 1 aliphatic heterocycles. The first-order chi connectivity index (χ1) is 10.9. The number of amides is 1. The number of piperazine rings is 1. The molecule has 1 aromatic carbocycles. The second-order valence-corrected chi connectivity index (χ2v) is 6.59. The summed E-state index contributed by atoms with van der Waals surface area (Å²) in [5.41, 5.74) is 5.03. The lowest BCUT2D eigenvalue weighted by Crippen LogP contribution is -2.57. The molecule has 25 heavy (non-hydrogen) atoms. The van der Waals surface area contributed by atoms with E-state index in [1.165, 1.54) is 0 Å². The van der Waals surface area contributed by atoms with Gasteiger partial charge in [0, 0.05) is 32.7 Å². The Labute approximate surface area is 162 Å². The maximum atomic E-state index is 12.1. The predicted octanol–water partition coefficient (Wildman–Crippen LogP) is 1.15. The second-order valence-electron chi connectivity index (χ2n) is 6.59. The van der Waals surface area contributed by atoms with Crippen LogP contribution in [0.4, 0.5) is 0 Å². The van der Waals surface area contributed by atoms with E-state index in [-0.39, 0.29) is 37.3 Å². The molecule has 0 aromatic heterocycles. The molecule has 1 amide bonds. The van der Waals surface area contributed by atoms with Crippen LogP contribution in [0, 0.1) is 0 Å². The van der Waals surface area contributed by atoms with Crippen LogP contribution in [0.3, 0.4) is 0 Å². The van der Waals surface area contributed by atoms with Crippen LogP contribution in [-0.4, -0.2) is 71.8 Å². The largest absolute Gasteiger partial charge is 0.491 e. The zero-order valence-corrected chi connectivity index (χ0v) is 16.4. The number of rotatable bonds is 6. The number of aliphatic hydroxyl groups excluding tert-OH is 1. The van der Waals surface area contributed by atoms with Gasteiger partial charge in [-0.15, -0.1) is 24.8 Å². The molecule has 144 valence electrons. The van der Waals surface area contributed by atoms with E-state index in [9.17, 15) is 9.90 Å². The molecule has 1 atom stereocenters. The van der Waals surface area contributed by atoms with Gasteiger partial charge in [-0.2, -0.15) is 0 Å². The number of carbonyl (C=O) groups is 1. The average Bonchev–Trinajstić information content (AvgIpc) is 2.53. The number of nitrogens with two attached hydrogens (primary N) is 1. The Morgan fingerprint density at radius 1 is 1.20 bits per heavy atom. The molecule has 1 unspecified atom stereocenters. The molecule has 8 heteroatoms. The van der Waals surface area contributed by atoms with Crippen molar-refractivity contribution in [3.05, 3.63) is 30.3 Å². The Morgan fingerprint density at radius 2 is 1.76 bits per heavy atom. The molecule has 1 aliphatic rings. The van der Waals surface area contributed by atoms with E-state index < -0.39 is 11.6 Å². The highest BCUT2D eigenvalue weighted by atomic mass is 35.5. The summed E-state index contributed by atoms with van der Waals surface area (Å²) in [5, 5.41) is 10.1. The highest BCUT2D eigenvalue weighted by Gasteiger charge is 2.30. The van der Waals surface area contributed by atoms with Crippen LogP contribution in [-0.2, 0) is 4.79 Å². The standard InChI is InChI=1S/C17H27N3O3.2ClH/c1-17(2,18)16(22)20-10-8-19(9-11-20)12-14(21)13-23-15-6-4-3-5-7-15;;/h3-7,14,21H,8-13,18H2,1-2H3;2*1H. The van der Waals surface area contributed by atoms with Crippen molar-refractivity contribution in [1.82, 2.24) is 9.80 Å². The van der Waals surface area contributed by atoms with Crippen LogP contribution in [0.15, 0.2) is 30.3 Å². The van der Waals surface area contributed by atoms with Gasteiger partial charge in [0.25, 0.3) is 0 Å². The van der Waals surface area contributed by atoms with Crippen LogP contribution in [0.2, 0.25) is 0 Å². The monoisotopic (exact) mass is 393 g/mol. The van der Waals surface area contributed by atoms with Crippen LogP contribution in [0.5, 0.6) is 5.75 Å². The Morgan fingerprint density at radius 3 is 2.28 bits per heavy atom. The minimum atomic E-state index is -0.828. The van der Waals surface area contributed by atoms with Gasteiger partial charge < -0.3 is 20.5 Å². The van der Waals surface area contributed by atoms with E-state index >= 15 is 0 Å². The Kier molecular flexibility index (Phi) is 10.4. The van der Waals surface area contributed by atoms with Crippen molar-refractivity contribution in [2.24, 2.45) is 5.73 Å². The van der Waals surface area contributed by atoms with Gasteiger partial charge in [0.05, 0.1) is 5.54 Å². The number of benzene rings is 1. The van der Waals surface area contributed by atoms with Crippen LogP contribution in [0.25, 0.3) is 0 Å². The van der Waals surface area contributed by atoms with Crippen LogP contribution in [0.1, 0.15) is 13.8 Å². The van der Waals surface area contributed by atoms with E-state index in [2.05, 4.69) is 4.90 Å². The van der Waals surface area contributed by atoms with Gasteiger partial charge in [-0.25, -0.2) is 0 Å². The lowest BCUT2D eigenvalue weighted by molar-refractivity contribution is -0.137. The maximum Gasteiger partial charge on any atom is 0.242 e. The number of hydrogen-bond acceptors (Lipinski definition) is 5. The first kappa shape index (κ1) is 23.9. The maximum absolute atomic E-state index is 12.1. The minimum Gasteiger partial charge on any atom is -0.491 e. The molecule has 0 aliphatic carbocycles. The molecule has 1 saturated heterocycles. The fraction of sp³-hybridized carbons (Fsp3) is 0.588. The average molecular weight is 394 g/mol. The van der Waals surface area contributed by atoms with Gasteiger partial charge in [-0.05, 0) is 26.0 Å². The highest BCUT2D eigenvalue weighted by Crippen LogP contribution is 2.11. The number of aliphatic hydroxyl groups is 1. The number of hydrogen-bond donors (Lipinski definition) is 2. The number of ether oxygens (including phenoxy) is 1. The molecule has 0 saturated carbocycles. The molecular weight excluding hydrogens is 365 g/mol. The van der Waals surface area contributed by atoms with E-state index in [1.807, 2.05) is 30.3 Å². The molecule has 0 spiro atoms. The summed E-state index contributed by atoms with van der Waals surface area (Å²) in [4.78, 5) is 16.1. The van der Waals surface area contributed by atoms with E-state index in [4.69, 9.17) is 10.5 Å². The first-order valence-electron chi connectivity index (χ1n) is 8.03. The zero-order valence-electron chi connectivity index (χ0n) is 14.8. The van der Waals surface area contributed by atoms with Gasteiger partial charge in [0.15, 0.2) is 0 Å². The summed E-state index contributed by atoms with van der Waals surface area (Å²) in [6.07, 6.45) is -0.552. The molecule has 2 rings (SSSR count). The molecule has 1 heterocycles. The Balaban J connectivity index is 0.00000288. The number of carbonyl (C=O) groups excluding carboxylic acids is 1. The van der Waals surface area contributed by atoms with Crippen molar-refractivity contribution in [3.8, 4) is 5.75 Å². The van der Waals surface area contributed by atoms with Crippen LogP contribution < -0.4 is 10.5 Å². The van der Waals surface area contributed by atoms with E-state index in [0.717, 1.165) is 18.8 Å². The van der Waals surface area contributed by atoms with Crippen molar-refractivity contribution >= 4 is 30.7 Å². The number of halogens is 2. The summed E-state index contributed by atoms with van der Waals surface area (Å²) < 4.78 is 5.56. The minimum absolute atomic E-state index is 0. The van der Waals surface area contributed by atoms with Gasteiger partial charge in [-0.3, -0.25) is 9.69 Å². The normalized spacial score (nSPS) is 16.4. The van der Waals surface area contributed by atoms with E-state index in [1.54, 1.807) is 18.7 Å². The first-order valence-corrected chi connectivity index (χ1v) is 8.03. The lowest BCUT2D eigenvalue weighted by Gasteiger charge is -2.38. The SMILES string of the molecule is CC(C)(N)C(=O)N1CCN(CC(O)COc2ccccc2)CC1.Cl.Cl. The number of nitrogens with zero attached hydrogens (tertiary/aromatic N) is 2. The smallest absolute Gasteiger partial charge is 0.242 e. The molecule has 1 aromatic rings. The third kappa shape index (κ3) is 7.79. The summed E-state index contributed by atoms with van der Waals surface area (Å²) in [7, 11) is 0. The van der Waals surface area contributed by atoms with Crippen molar-refractivity contribution in [1.29, 1.82) is 0 Å². The Bertz CT molecular complexity index is 504. The molecule has 3 N–H and O–H groups in total. The third-order valence-electron chi connectivity index (χ3n) is 3.87. The fourth-order valence-electron chi connectivity index (χ4n) is 2.60. The van der Waals surface area contributed by atoms with Gasteiger partial charge in [0.1, 0.15) is 18.5 Å². The van der Waals surface area contributed by atoms with Crippen molar-refractivity contribution in [2.45, 2.75) is 25.5 Å². The van der Waals surface area contributed by atoms with Gasteiger partial charge in [-0.1, -0.05) is 18.2 Å². The quantitative estimate of drug-likeness (QED) is 0.757. The predicted molar refractivity (Wildman–Crippen MR) is 104 cm³/mol. The molecule has 0 bridgehead atoms. The third-order valence-corrected chi connectivity index (χ3v) is 3.87. The van der Waals surface area contributed by atoms with Gasteiger partial charge in [0.2, 0.25) is 5.91 Å². The summed E-state index contributed by atoms with van der Waals surface area (Å²) in [6, 6.07) is 9.46.